The van der Waals surface area contributed by atoms with Crippen molar-refractivity contribution in [2.24, 2.45) is 0 Å². The van der Waals surface area contributed by atoms with Crippen LogP contribution in [0.25, 0.3) is 0 Å². The Morgan fingerprint density at radius 2 is 2.22 bits per heavy atom. The van der Waals surface area contributed by atoms with Gasteiger partial charge in [0, 0.05) is 17.7 Å². The lowest BCUT2D eigenvalue weighted by Gasteiger charge is -2.29. The van der Waals surface area contributed by atoms with Crippen molar-refractivity contribution in [2.75, 3.05) is 12.3 Å². The monoisotopic (exact) mass is 270 g/mol. The lowest BCUT2D eigenvalue weighted by Crippen LogP contribution is -2.46. The van der Waals surface area contributed by atoms with Gasteiger partial charge >= 0.3 is 0 Å². The summed E-state index contributed by atoms with van der Waals surface area (Å²) in [4.78, 5) is 12.1. The highest BCUT2D eigenvalue weighted by atomic mass is 35.5. The third-order valence-corrected chi connectivity index (χ3v) is 3.46. The first-order valence-electron chi connectivity index (χ1n) is 5.90. The second kappa shape index (κ2) is 6.07. The van der Waals surface area contributed by atoms with Crippen LogP contribution in [0.2, 0.25) is 5.02 Å². The van der Waals surface area contributed by atoms with Crippen LogP contribution in [0.4, 0.5) is 5.69 Å². The zero-order chi connectivity index (χ0) is 13.8. The van der Waals surface area contributed by atoms with Crippen molar-refractivity contribution in [3.63, 3.8) is 0 Å². The molecular formula is C13H19ClN2O2. The lowest BCUT2D eigenvalue weighted by molar-refractivity contribution is 0.0886. The van der Waals surface area contributed by atoms with Crippen molar-refractivity contribution in [3.8, 4) is 0 Å². The summed E-state index contributed by atoms with van der Waals surface area (Å²) in [6, 6.07) is 4.77. The molecule has 4 nitrogen and oxygen atoms in total. The van der Waals surface area contributed by atoms with E-state index in [-0.39, 0.29) is 12.5 Å². The summed E-state index contributed by atoms with van der Waals surface area (Å²) in [5.74, 6) is -0.212. The maximum Gasteiger partial charge on any atom is 0.251 e. The van der Waals surface area contributed by atoms with Crippen LogP contribution in [0.5, 0.6) is 0 Å². The van der Waals surface area contributed by atoms with Crippen LogP contribution in [0.1, 0.15) is 37.0 Å². The zero-order valence-electron chi connectivity index (χ0n) is 10.7. The number of hydrogen-bond donors (Lipinski definition) is 3. The Balaban J connectivity index is 2.84. The van der Waals surface area contributed by atoms with E-state index in [9.17, 15) is 4.79 Å². The summed E-state index contributed by atoms with van der Waals surface area (Å²) in [6.45, 7) is 3.90. The number of rotatable bonds is 5. The summed E-state index contributed by atoms with van der Waals surface area (Å²) >= 11 is 5.81. The topological polar surface area (TPSA) is 75.3 Å². The second-order valence-corrected chi connectivity index (χ2v) is 4.99. The Bertz CT molecular complexity index is 437. The maximum absolute atomic E-state index is 12.1. The molecule has 0 spiro atoms. The number of anilines is 1. The fourth-order valence-corrected chi connectivity index (χ4v) is 1.72. The van der Waals surface area contributed by atoms with Gasteiger partial charge in [0.1, 0.15) is 0 Å². The lowest BCUT2D eigenvalue weighted by atomic mass is 9.94. The van der Waals surface area contributed by atoms with E-state index in [2.05, 4.69) is 5.32 Å². The molecule has 1 unspecified atom stereocenters. The van der Waals surface area contributed by atoms with E-state index in [1.807, 2.05) is 13.8 Å². The minimum atomic E-state index is -0.416. The molecule has 0 radical (unpaired) electrons. The Hall–Kier alpha value is -1.26. The molecule has 1 aromatic rings. The smallest absolute Gasteiger partial charge is 0.251 e. The van der Waals surface area contributed by atoms with Gasteiger partial charge in [-0.2, -0.15) is 0 Å². The molecule has 0 aliphatic heterocycles. The van der Waals surface area contributed by atoms with Gasteiger partial charge in [-0.25, -0.2) is 0 Å². The highest BCUT2D eigenvalue weighted by molar-refractivity contribution is 6.33. The molecule has 1 atom stereocenters. The molecule has 0 aromatic heterocycles. The van der Waals surface area contributed by atoms with Crippen molar-refractivity contribution < 1.29 is 9.90 Å². The molecule has 4 N–H and O–H groups in total. The van der Waals surface area contributed by atoms with Gasteiger partial charge in [-0.3, -0.25) is 4.79 Å². The van der Waals surface area contributed by atoms with E-state index in [0.717, 1.165) is 6.42 Å². The van der Waals surface area contributed by atoms with Gasteiger partial charge in [0.05, 0.1) is 10.7 Å². The number of nitrogens with two attached hydrogens (primary N) is 1. The van der Waals surface area contributed by atoms with E-state index in [4.69, 9.17) is 22.4 Å². The number of hydrogen-bond acceptors (Lipinski definition) is 3. The van der Waals surface area contributed by atoms with Crippen molar-refractivity contribution in [3.05, 3.63) is 28.8 Å². The standard InChI is InChI=1S/C13H19ClN2O2/c1-3-13(2,6-7-17)16-12(18)9-4-5-10(14)11(15)8-9/h4-5,8,17H,3,6-7,15H2,1-2H3,(H,16,18). The van der Waals surface area contributed by atoms with Gasteiger partial charge in [0.2, 0.25) is 0 Å². The number of carbonyl (C=O) groups is 1. The first kappa shape index (κ1) is 14.8. The first-order valence-corrected chi connectivity index (χ1v) is 6.28. The third-order valence-electron chi connectivity index (χ3n) is 3.12. The molecule has 0 saturated heterocycles. The van der Waals surface area contributed by atoms with Crippen molar-refractivity contribution in [2.45, 2.75) is 32.2 Å². The average Bonchev–Trinajstić information content (AvgIpc) is 2.32. The van der Waals surface area contributed by atoms with Gasteiger partial charge in [-0.15, -0.1) is 0 Å². The number of benzene rings is 1. The molecule has 0 aliphatic carbocycles. The summed E-state index contributed by atoms with van der Waals surface area (Å²) < 4.78 is 0. The molecule has 1 amide bonds. The number of aliphatic hydroxyl groups excluding tert-OH is 1. The zero-order valence-corrected chi connectivity index (χ0v) is 11.4. The Morgan fingerprint density at radius 1 is 1.56 bits per heavy atom. The molecule has 5 heteroatoms. The van der Waals surface area contributed by atoms with Crippen LogP contribution < -0.4 is 11.1 Å². The highest BCUT2D eigenvalue weighted by Gasteiger charge is 2.24. The molecule has 0 fully saturated rings. The molecular weight excluding hydrogens is 252 g/mol. The molecule has 0 heterocycles. The quantitative estimate of drug-likeness (QED) is 0.718. The van der Waals surface area contributed by atoms with Crippen molar-refractivity contribution >= 4 is 23.2 Å². The highest BCUT2D eigenvalue weighted by Crippen LogP contribution is 2.21. The largest absolute Gasteiger partial charge is 0.398 e. The first-order chi connectivity index (χ1) is 8.41. The molecule has 1 rings (SSSR count). The van der Waals surface area contributed by atoms with Crippen LogP contribution in [0, 0.1) is 0 Å². The van der Waals surface area contributed by atoms with Gasteiger partial charge in [0.25, 0.3) is 5.91 Å². The second-order valence-electron chi connectivity index (χ2n) is 4.58. The fraction of sp³-hybridized carbons (Fsp3) is 0.462. The number of carbonyl (C=O) groups excluding carboxylic acids is 1. The molecule has 18 heavy (non-hydrogen) atoms. The minimum absolute atomic E-state index is 0.0351. The Labute approximate surface area is 112 Å². The predicted octanol–water partition coefficient (Wildman–Crippen LogP) is 2.20. The maximum atomic E-state index is 12.1. The normalized spacial score (nSPS) is 14.0. The van der Waals surface area contributed by atoms with Gasteiger partial charge in [0.15, 0.2) is 0 Å². The van der Waals surface area contributed by atoms with Gasteiger partial charge in [-0.05, 0) is 38.0 Å². The minimum Gasteiger partial charge on any atom is -0.398 e. The van der Waals surface area contributed by atoms with Gasteiger partial charge in [-0.1, -0.05) is 18.5 Å². The van der Waals surface area contributed by atoms with E-state index < -0.39 is 5.54 Å². The number of amides is 1. The number of aliphatic hydroxyl groups is 1. The van der Waals surface area contributed by atoms with Crippen molar-refractivity contribution in [1.29, 1.82) is 0 Å². The summed E-state index contributed by atoms with van der Waals surface area (Å²) in [6.07, 6.45) is 1.25. The summed E-state index contributed by atoms with van der Waals surface area (Å²) in [5, 5.41) is 12.3. The van der Waals surface area contributed by atoms with Crippen molar-refractivity contribution in [1.82, 2.24) is 5.32 Å². The Kier molecular flexibility index (Phi) is 4.99. The third kappa shape index (κ3) is 3.62. The van der Waals surface area contributed by atoms with E-state index in [1.54, 1.807) is 18.2 Å². The van der Waals surface area contributed by atoms with Crippen LogP contribution >= 0.6 is 11.6 Å². The molecule has 0 bridgehead atoms. The van der Waals surface area contributed by atoms with E-state index in [1.165, 1.54) is 0 Å². The van der Waals surface area contributed by atoms with Crippen LogP contribution in [0.3, 0.4) is 0 Å². The molecule has 1 aromatic carbocycles. The number of halogens is 1. The number of nitrogens with one attached hydrogen (secondary N) is 1. The molecule has 100 valence electrons. The summed E-state index contributed by atoms with van der Waals surface area (Å²) in [7, 11) is 0. The van der Waals surface area contributed by atoms with Crippen LogP contribution in [-0.4, -0.2) is 23.2 Å². The number of nitrogen functional groups attached to an aromatic ring is 1. The van der Waals surface area contributed by atoms with Crippen LogP contribution in [0.15, 0.2) is 18.2 Å². The molecule has 0 saturated carbocycles. The van der Waals surface area contributed by atoms with E-state index >= 15 is 0 Å². The summed E-state index contributed by atoms with van der Waals surface area (Å²) in [5.41, 5.74) is 6.09. The Morgan fingerprint density at radius 3 is 2.72 bits per heavy atom. The predicted molar refractivity (Wildman–Crippen MR) is 73.7 cm³/mol. The fourth-order valence-electron chi connectivity index (χ4n) is 1.61. The van der Waals surface area contributed by atoms with Crippen LogP contribution in [-0.2, 0) is 0 Å². The average molecular weight is 271 g/mol. The SMILES string of the molecule is CCC(C)(CCO)NC(=O)c1ccc(Cl)c(N)c1. The molecule has 0 aliphatic rings. The van der Waals surface area contributed by atoms with E-state index in [0.29, 0.717) is 22.7 Å². The van der Waals surface area contributed by atoms with Gasteiger partial charge < -0.3 is 16.2 Å².